The summed E-state index contributed by atoms with van der Waals surface area (Å²) < 4.78 is 25.2. The van der Waals surface area contributed by atoms with Crippen molar-refractivity contribution in [2.45, 2.75) is 19.4 Å². The van der Waals surface area contributed by atoms with Crippen LogP contribution in [0.2, 0.25) is 0 Å². The molecule has 3 N–H and O–H groups in total. The molecule has 1 heterocycles. The molecular weight excluding hydrogens is 370 g/mol. The van der Waals surface area contributed by atoms with E-state index >= 15 is 0 Å². The fraction of sp³-hybridized carbons (Fsp3) is 0.222. The maximum Gasteiger partial charge on any atom is 0.273 e. The highest BCUT2D eigenvalue weighted by atomic mass is 32.2. The van der Waals surface area contributed by atoms with Gasteiger partial charge in [0.05, 0.1) is 17.5 Å². The number of amides is 2. The standard InChI is InChI=1S/C18H19N3O5S/c1-11-9-13-10-12(7-8-15(13)21(11)27(2,25)26)17(23)19-20-18(24)14-5-3-4-6-16(14)22/h3-8,10-11,22H,9H2,1-2H3,(H,19,23)(H,20,24). The fourth-order valence-electron chi connectivity index (χ4n) is 3.17. The SMILES string of the molecule is CC1Cc2cc(C(=O)NNC(=O)c3ccccc3O)ccc2N1S(C)(=O)=O. The zero-order valence-corrected chi connectivity index (χ0v) is 15.6. The van der Waals surface area contributed by atoms with Crippen molar-refractivity contribution in [1.29, 1.82) is 0 Å². The molecule has 2 aromatic rings. The minimum atomic E-state index is -3.40. The fourth-order valence-corrected chi connectivity index (χ4v) is 4.43. The van der Waals surface area contributed by atoms with Crippen LogP contribution in [0, 0.1) is 0 Å². The van der Waals surface area contributed by atoms with Gasteiger partial charge in [-0.15, -0.1) is 0 Å². The van der Waals surface area contributed by atoms with Gasteiger partial charge >= 0.3 is 0 Å². The molecule has 0 aromatic heterocycles. The molecule has 1 atom stereocenters. The van der Waals surface area contributed by atoms with Gasteiger partial charge in [0.1, 0.15) is 5.75 Å². The number of nitrogens with zero attached hydrogens (tertiary/aromatic N) is 1. The smallest absolute Gasteiger partial charge is 0.273 e. The molecule has 3 rings (SSSR count). The number of carbonyl (C=O) groups excluding carboxylic acids is 2. The molecule has 0 spiro atoms. The van der Waals surface area contributed by atoms with E-state index in [4.69, 9.17) is 0 Å². The number of sulfonamides is 1. The molecule has 0 saturated heterocycles. The van der Waals surface area contributed by atoms with Crippen LogP contribution >= 0.6 is 0 Å². The highest BCUT2D eigenvalue weighted by Crippen LogP contribution is 2.34. The van der Waals surface area contributed by atoms with Crippen LogP contribution in [-0.2, 0) is 16.4 Å². The number of phenols is 1. The molecule has 0 bridgehead atoms. The molecule has 2 amide bonds. The number of aromatic hydroxyl groups is 1. The summed E-state index contributed by atoms with van der Waals surface area (Å²) in [4.78, 5) is 24.3. The number of fused-ring (bicyclic) bond motifs is 1. The van der Waals surface area contributed by atoms with Gasteiger partial charge < -0.3 is 5.11 Å². The van der Waals surface area contributed by atoms with Crippen LogP contribution in [0.3, 0.4) is 0 Å². The van der Waals surface area contributed by atoms with Crippen LogP contribution in [0.5, 0.6) is 5.75 Å². The zero-order chi connectivity index (χ0) is 19.8. The van der Waals surface area contributed by atoms with Gasteiger partial charge in [-0.2, -0.15) is 0 Å². The van der Waals surface area contributed by atoms with Gasteiger partial charge in [-0.05, 0) is 49.2 Å². The summed E-state index contributed by atoms with van der Waals surface area (Å²) >= 11 is 0. The monoisotopic (exact) mass is 389 g/mol. The van der Waals surface area contributed by atoms with E-state index in [1.54, 1.807) is 31.2 Å². The molecule has 142 valence electrons. The Balaban J connectivity index is 1.73. The van der Waals surface area contributed by atoms with E-state index in [1.165, 1.54) is 22.5 Å². The number of anilines is 1. The highest BCUT2D eigenvalue weighted by molar-refractivity contribution is 7.92. The van der Waals surface area contributed by atoms with E-state index in [-0.39, 0.29) is 22.9 Å². The maximum absolute atomic E-state index is 12.3. The normalized spacial score (nSPS) is 15.9. The van der Waals surface area contributed by atoms with E-state index in [2.05, 4.69) is 10.9 Å². The summed E-state index contributed by atoms with van der Waals surface area (Å²) in [6.45, 7) is 1.80. The lowest BCUT2D eigenvalue weighted by Gasteiger charge is -2.21. The molecule has 2 aromatic carbocycles. The topological polar surface area (TPSA) is 116 Å². The number of nitrogens with one attached hydrogen (secondary N) is 2. The van der Waals surface area contributed by atoms with Crippen LogP contribution in [0.15, 0.2) is 42.5 Å². The first-order valence-electron chi connectivity index (χ1n) is 8.19. The third kappa shape index (κ3) is 3.72. The van der Waals surface area contributed by atoms with Crippen LogP contribution < -0.4 is 15.2 Å². The molecule has 9 heteroatoms. The summed E-state index contributed by atoms with van der Waals surface area (Å²) in [6, 6.07) is 10.4. The Labute approximate surface area is 156 Å². The Bertz CT molecular complexity index is 1020. The van der Waals surface area contributed by atoms with Gasteiger partial charge in [0.15, 0.2) is 0 Å². The summed E-state index contributed by atoms with van der Waals surface area (Å²) in [5.41, 5.74) is 6.15. The summed E-state index contributed by atoms with van der Waals surface area (Å²) in [7, 11) is -3.40. The van der Waals surface area contributed by atoms with E-state index in [0.29, 0.717) is 12.1 Å². The van der Waals surface area contributed by atoms with Gasteiger partial charge in [0.25, 0.3) is 11.8 Å². The number of hydrogen-bond donors (Lipinski definition) is 3. The average Bonchev–Trinajstić information content (AvgIpc) is 2.94. The minimum Gasteiger partial charge on any atom is -0.507 e. The molecule has 1 unspecified atom stereocenters. The molecule has 0 fully saturated rings. The largest absolute Gasteiger partial charge is 0.507 e. The Kier molecular flexibility index (Phi) is 4.79. The van der Waals surface area contributed by atoms with Gasteiger partial charge in [0, 0.05) is 11.6 Å². The van der Waals surface area contributed by atoms with Crippen molar-refractivity contribution in [2.24, 2.45) is 0 Å². The van der Waals surface area contributed by atoms with Crippen molar-refractivity contribution in [2.75, 3.05) is 10.6 Å². The lowest BCUT2D eigenvalue weighted by atomic mass is 10.1. The summed E-state index contributed by atoms with van der Waals surface area (Å²) in [5.74, 6) is -1.40. The van der Waals surface area contributed by atoms with Crippen LogP contribution in [0.25, 0.3) is 0 Å². The lowest BCUT2D eigenvalue weighted by Crippen LogP contribution is -2.41. The Hall–Kier alpha value is -3.07. The van der Waals surface area contributed by atoms with Crippen LogP contribution in [-0.4, -0.2) is 37.6 Å². The zero-order valence-electron chi connectivity index (χ0n) is 14.8. The molecule has 0 saturated carbocycles. The van der Waals surface area contributed by atoms with E-state index in [9.17, 15) is 23.1 Å². The van der Waals surface area contributed by atoms with E-state index in [0.717, 1.165) is 11.8 Å². The number of para-hydroxylation sites is 1. The first kappa shape index (κ1) is 18.7. The van der Waals surface area contributed by atoms with Crippen molar-refractivity contribution in [1.82, 2.24) is 10.9 Å². The van der Waals surface area contributed by atoms with Gasteiger partial charge in [0.2, 0.25) is 10.0 Å². The van der Waals surface area contributed by atoms with Crippen LogP contribution in [0.4, 0.5) is 5.69 Å². The number of rotatable bonds is 3. The number of carbonyl (C=O) groups is 2. The molecule has 1 aliphatic heterocycles. The quantitative estimate of drug-likeness (QED) is 0.682. The number of hydrazine groups is 1. The number of phenolic OH excluding ortho intramolecular Hbond substituents is 1. The highest BCUT2D eigenvalue weighted by Gasteiger charge is 2.32. The summed E-state index contributed by atoms with van der Waals surface area (Å²) in [5, 5.41) is 9.66. The number of hydrogen-bond acceptors (Lipinski definition) is 5. The van der Waals surface area contributed by atoms with Crippen molar-refractivity contribution in [3.8, 4) is 5.75 Å². The van der Waals surface area contributed by atoms with Crippen molar-refractivity contribution in [3.63, 3.8) is 0 Å². The predicted molar refractivity (Wildman–Crippen MR) is 100.0 cm³/mol. The molecular formula is C18H19N3O5S. The first-order valence-corrected chi connectivity index (χ1v) is 10.0. The minimum absolute atomic E-state index is 0.0318. The van der Waals surface area contributed by atoms with Crippen LogP contribution in [0.1, 0.15) is 33.2 Å². The second kappa shape index (κ2) is 6.92. The molecule has 0 aliphatic carbocycles. The van der Waals surface area contributed by atoms with Crippen molar-refractivity contribution in [3.05, 3.63) is 59.2 Å². The lowest BCUT2D eigenvalue weighted by molar-refractivity contribution is 0.0845. The molecule has 1 aliphatic rings. The molecule has 27 heavy (non-hydrogen) atoms. The third-order valence-corrected chi connectivity index (χ3v) is 5.56. The van der Waals surface area contributed by atoms with E-state index < -0.39 is 21.8 Å². The Morgan fingerprint density at radius 1 is 1.11 bits per heavy atom. The van der Waals surface area contributed by atoms with Crippen molar-refractivity contribution < 1.29 is 23.1 Å². The second-order valence-corrected chi connectivity index (χ2v) is 8.24. The molecule has 8 nitrogen and oxygen atoms in total. The molecule has 0 radical (unpaired) electrons. The average molecular weight is 389 g/mol. The maximum atomic E-state index is 12.3. The Morgan fingerprint density at radius 3 is 2.44 bits per heavy atom. The first-order chi connectivity index (χ1) is 12.7. The van der Waals surface area contributed by atoms with Crippen molar-refractivity contribution >= 4 is 27.5 Å². The van der Waals surface area contributed by atoms with Gasteiger partial charge in [-0.1, -0.05) is 12.1 Å². The summed E-state index contributed by atoms with van der Waals surface area (Å²) in [6.07, 6.45) is 1.64. The predicted octanol–water partition coefficient (Wildman–Crippen LogP) is 1.18. The third-order valence-electron chi connectivity index (χ3n) is 4.29. The van der Waals surface area contributed by atoms with Gasteiger partial charge in [-0.3, -0.25) is 24.7 Å². The number of benzene rings is 2. The van der Waals surface area contributed by atoms with E-state index in [1.807, 2.05) is 0 Å². The second-order valence-electron chi connectivity index (χ2n) is 6.38. The van der Waals surface area contributed by atoms with Gasteiger partial charge in [-0.25, -0.2) is 8.42 Å². The Morgan fingerprint density at radius 2 is 1.78 bits per heavy atom.